The number of methoxy groups -OCH3 is 1. The van der Waals surface area contributed by atoms with E-state index in [2.05, 4.69) is 26.0 Å². The molecular weight excluding hydrogens is 446 g/mol. The van der Waals surface area contributed by atoms with Gasteiger partial charge in [0.1, 0.15) is 5.75 Å². The molecule has 1 amide bonds. The normalized spacial score (nSPS) is 11.2. The molecule has 172 valence electrons. The van der Waals surface area contributed by atoms with Gasteiger partial charge < -0.3 is 15.9 Å². The van der Waals surface area contributed by atoms with Crippen molar-refractivity contribution in [1.29, 1.82) is 0 Å². The fraction of sp³-hybridized carbons (Fsp3) is 0.227. The first-order valence-corrected chi connectivity index (χ1v) is 10.5. The Morgan fingerprint density at radius 3 is 2.48 bits per heavy atom. The van der Waals surface area contributed by atoms with Gasteiger partial charge in [0.05, 0.1) is 18.6 Å². The molecule has 3 rings (SSSR count). The first-order chi connectivity index (χ1) is 15.9. The summed E-state index contributed by atoms with van der Waals surface area (Å²) in [6.45, 7) is 1.69. The highest BCUT2D eigenvalue weighted by Crippen LogP contribution is 2.19. The molecule has 0 saturated heterocycles. The number of aryl methyl sites for hydroxylation is 1. The molecule has 0 fully saturated rings. The highest BCUT2D eigenvalue weighted by atomic mass is 35.5. The van der Waals surface area contributed by atoms with Crippen LogP contribution in [0.3, 0.4) is 0 Å². The smallest absolute Gasteiger partial charge is 0.263 e. The number of anilines is 2. The number of nitrogen functional groups attached to an aromatic ring is 1. The zero-order valence-corrected chi connectivity index (χ0v) is 19.0. The maximum absolute atomic E-state index is 12.8. The van der Waals surface area contributed by atoms with E-state index in [4.69, 9.17) is 22.2 Å². The minimum atomic E-state index is -0.226. The lowest BCUT2D eigenvalue weighted by Gasteiger charge is -2.09. The van der Waals surface area contributed by atoms with Gasteiger partial charge in [-0.3, -0.25) is 9.59 Å². The van der Waals surface area contributed by atoms with E-state index in [1.54, 1.807) is 62.6 Å². The fourth-order valence-electron chi connectivity index (χ4n) is 2.88. The number of Topliss-reactive ketones (excluding diaryl/α,β-unsaturated/α-hetero) is 1. The minimum Gasteiger partial charge on any atom is -0.497 e. The Labute approximate surface area is 195 Å². The van der Waals surface area contributed by atoms with Crippen LogP contribution in [0.2, 0.25) is 5.02 Å². The number of ether oxygens (including phenoxy) is 1. The summed E-state index contributed by atoms with van der Waals surface area (Å²) in [5, 5.41) is 15.2. The van der Waals surface area contributed by atoms with Crippen LogP contribution in [0, 0.1) is 6.92 Å². The highest BCUT2D eigenvalue weighted by molar-refractivity contribution is 6.34. The number of nitrogens with zero attached hydrogens (tertiary/aromatic N) is 4. The van der Waals surface area contributed by atoms with Gasteiger partial charge >= 0.3 is 0 Å². The monoisotopic (exact) mass is 469 g/mol. The number of hydrogen-bond acceptors (Lipinski definition) is 8. The molecule has 4 N–H and O–H groups in total. The molecule has 1 heterocycles. The predicted molar refractivity (Wildman–Crippen MR) is 127 cm³/mol. The van der Waals surface area contributed by atoms with Crippen molar-refractivity contribution in [3.05, 3.63) is 64.9 Å². The molecule has 0 aliphatic carbocycles. The van der Waals surface area contributed by atoms with E-state index in [9.17, 15) is 9.59 Å². The zero-order valence-electron chi connectivity index (χ0n) is 18.2. The second-order valence-electron chi connectivity index (χ2n) is 7.09. The Morgan fingerprint density at radius 1 is 1.12 bits per heavy atom. The number of hydrogen-bond donors (Lipinski definition) is 3. The average molecular weight is 470 g/mol. The third kappa shape index (κ3) is 6.53. The van der Waals surface area contributed by atoms with Crippen molar-refractivity contribution in [2.75, 3.05) is 23.7 Å². The summed E-state index contributed by atoms with van der Waals surface area (Å²) in [6, 6.07) is 13.7. The first-order valence-electron chi connectivity index (χ1n) is 10.1. The van der Waals surface area contributed by atoms with Gasteiger partial charge in [-0.05, 0) is 49.7 Å². The number of amides is 1. The van der Waals surface area contributed by atoms with Crippen molar-refractivity contribution < 1.29 is 14.3 Å². The van der Waals surface area contributed by atoms with Crippen LogP contribution in [0.5, 0.6) is 5.75 Å². The molecule has 0 atom stereocenters. The molecule has 10 nitrogen and oxygen atoms in total. The Bertz CT molecular complexity index is 1160. The van der Waals surface area contributed by atoms with E-state index in [1.165, 1.54) is 4.68 Å². The standard InChI is InChI=1S/C22H24ClN7O3/c1-14-26-28-22(30(14)24)29-27-16(13-20(31)18-5-3-4-6-19(18)23)9-12-21(32)25-15-7-10-17(33-2)11-8-15/h3-8,10-11H,9,12-13,24H2,1-2H3,(H,25,32)(H,28,29). The summed E-state index contributed by atoms with van der Waals surface area (Å²) >= 11 is 6.15. The second-order valence-corrected chi connectivity index (χ2v) is 7.49. The minimum absolute atomic E-state index is 0.0375. The Kier molecular flexibility index (Phi) is 7.98. The van der Waals surface area contributed by atoms with Gasteiger partial charge in [0.25, 0.3) is 5.95 Å². The molecule has 0 bridgehead atoms. The second kappa shape index (κ2) is 11.1. The van der Waals surface area contributed by atoms with Crippen molar-refractivity contribution in [3.8, 4) is 5.75 Å². The molecule has 0 saturated carbocycles. The van der Waals surface area contributed by atoms with Crippen molar-refractivity contribution in [3.63, 3.8) is 0 Å². The zero-order chi connectivity index (χ0) is 23.8. The summed E-state index contributed by atoms with van der Waals surface area (Å²) in [4.78, 5) is 25.2. The van der Waals surface area contributed by atoms with E-state index in [-0.39, 0.29) is 36.9 Å². The van der Waals surface area contributed by atoms with Gasteiger partial charge in [-0.1, -0.05) is 23.7 Å². The SMILES string of the molecule is COc1ccc(NC(=O)CCC(CC(=O)c2ccccc2Cl)=NNc2nnc(C)n2N)cc1. The molecule has 11 heteroatoms. The molecule has 1 aromatic heterocycles. The van der Waals surface area contributed by atoms with Gasteiger partial charge in [0.2, 0.25) is 5.91 Å². The molecule has 0 aliphatic rings. The van der Waals surface area contributed by atoms with Gasteiger partial charge in [0, 0.05) is 23.4 Å². The number of carbonyl (C=O) groups excluding carboxylic acids is 2. The van der Waals surface area contributed by atoms with Crippen LogP contribution in [0.15, 0.2) is 53.6 Å². The summed E-state index contributed by atoms with van der Waals surface area (Å²) in [7, 11) is 1.57. The van der Waals surface area contributed by atoms with Gasteiger partial charge in [0.15, 0.2) is 11.6 Å². The number of hydrazone groups is 1. The van der Waals surface area contributed by atoms with Crippen LogP contribution in [0.1, 0.15) is 35.4 Å². The quantitative estimate of drug-likeness (QED) is 0.179. The van der Waals surface area contributed by atoms with Crippen molar-refractivity contribution >= 4 is 40.6 Å². The summed E-state index contributed by atoms with van der Waals surface area (Å²) in [6.07, 6.45) is 0.295. The van der Waals surface area contributed by atoms with E-state index < -0.39 is 0 Å². The Morgan fingerprint density at radius 2 is 1.85 bits per heavy atom. The molecule has 3 aromatic rings. The molecule has 0 spiro atoms. The van der Waals surface area contributed by atoms with Crippen LogP contribution in [0.4, 0.5) is 11.6 Å². The van der Waals surface area contributed by atoms with Crippen molar-refractivity contribution in [2.45, 2.75) is 26.2 Å². The lowest BCUT2D eigenvalue weighted by molar-refractivity contribution is -0.116. The highest BCUT2D eigenvalue weighted by Gasteiger charge is 2.15. The van der Waals surface area contributed by atoms with Crippen molar-refractivity contribution in [2.24, 2.45) is 5.10 Å². The molecule has 0 unspecified atom stereocenters. The van der Waals surface area contributed by atoms with Gasteiger partial charge in [-0.25, -0.2) is 10.1 Å². The number of benzene rings is 2. The third-order valence-corrected chi connectivity index (χ3v) is 5.06. The van der Waals surface area contributed by atoms with E-state index in [0.717, 1.165) is 0 Å². The Hall–Kier alpha value is -3.92. The maximum Gasteiger partial charge on any atom is 0.263 e. The summed E-state index contributed by atoms with van der Waals surface area (Å²) in [5.41, 5.74) is 4.17. The maximum atomic E-state index is 12.8. The van der Waals surface area contributed by atoms with E-state index in [1.807, 2.05) is 0 Å². The van der Waals surface area contributed by atoms with Gasteiger partial charge in [-0.15, -0.1) is 10.2 Å². The number of nitrogens with one attached hydrogen (secondary N) is 2. The number of rotatable bonds is 10. The number of nitrogens with two attached hydrogens (primary N) is 1. The largest absolute Gasteiger partial charge is 0.497 e. The number of aromatic nitrogens is 3. The average Bonchev–Trinajstić information content (AvgIpc) is 3.13. The van der Waals surface area contributed by atoms with E-state index in [0.29, 0.717) is 33.6 Å². The third-order valence-electron chi connectivity index (χ3n) is 4.73. The van der Waals surface area contributed by atoms with Gasteiger partial charge in [-0.2, -0.15) is 5.10 Å². The number of carbonyl (C=O) groups is 2. The number of ketones is 1. The lowest BCUT2D eigenvalue weighted by Crippen LogP contribution is -2.18. The lowest BCUT2D eigenvalue weighted by atomic mass is 10.0. The Balaban J connectivity index is 1.69. The van der Waals surface area contributed by atoms with Crippen LogP contribution in [0.25, 0.3) is 0 Å². The van der Waals surface area contributed by atoms with Crippen LogP contribution in [-0.2, 0) is 4.79 Å². The van der Waals surface area contributed by atoms with Crippen LogP contribution >= 0.6 is 11.6 Å². The first kappa shape index (κ1) is 23.7. The number of halogens is 1. The summed E-state index contributed by atoms with van der Waals surface area (Å²) < 4.78 is 6.34. The van der Waals surface area contributed by atoms with Crippen LogP contribution in [-0.4, -0.2) is 39.4 Å². The molecule has 0 aliphatic heterocycles. The fourth-order valence-corrected chi connectivity index (χ4v) is 3.12. The van der Waals surface area contributed by atoms with E-state index >= 15 is 0 Å². The van der Waals surface area contributed by atoms with Crippen LogP contribution < -0.4 is 21.3 Å². The molecule has 2 aromatic carbocycles. The topological polar surface area (TPSA) is 137 Å². The molecular formula is C22H24ClN7O3. The molecule has 33 heavy (non-hydrogen) atoms. The molecule has 0 radical (unpaired) electrons. The predicted octanol–water partition coefficient (Wildman–Crippen LogP) is 3.42. The van der Waals surface area contributed by atoms with Crippen molar-refractivity contribution in [1.82, 2.24) is 14.9 Å². The summed E-state index contributed by atoms with van der Waals surface area (Å²) in [5.74, 6) is 6.77.